The van der Waals surface area contributed by atoms with Crippen LogP contribution in [-0.2, 0) is 19.1 Å². The van der Waals surface area contributed by atoms with Gasteiger partial charge in [-0.15, -0.1) is 11.8 Å². The highest BCUT2D eigenvalue weighted by Crippen LogP contribution is 2.71. The molecule has 9 nitrogen and oxygen atoms in total. The summed E-state index contributed by atoms with van der Waals surface area (Å²) in [6.45, 7) is 12.8. The summed E-state index contributed by atoms with van der Waals surface area (Å²) in [5, 5.41) is 16.6. The van der Waals surface area contributed by atoms with Gasteiger partial charge in [0.15, 0.2) is 0 Å². The Morgan fingerprint density at radius 3 is 2.50 bits per heavy atom. The van der Waals surface area contributed by atoms with Gasteiger partial charge in [0.1, 0.15) is 6.04 Å². The number of ether oxygens (including phenoxy) is 1. The number of morpholine rings is 1. The molecule has 1 spiro atoms. The van der Waals surface area contributed by atoms with Gasteiger partial charge in [0.25, 0.3) is 0 Å². The van der Waals surface area contributed by atoms with Gasteiger partial charge in [-0.2, -0.15) is 0 Å². The van der Waals surface area contributed by atoms with Gasteiger partial charge < -0.3 is 25.4 Å². The Bertz CT molecular complexity index is 839. The van der Waals surface area contributed by atoms with Gasteiger partial charge in [-0.1, -0.05) is 27.2 Å². The predicted octanol–water partition coefficient (Wildman–Crippen LogP) is 0.849. The molecule has 2 bridgehead atoms. The number of hydrogen-bond acceptors (Lipinski definition) is 7. The zero-order valence-electron chi connectivity index (χ0n) is 22.3. The van der Waals surface area contributed by atoms with Crippen molar-refractivity contribution in [2.75, 3.05) is 52.5 Å². The van der Waals surface area contributed by atoms with Gasteiger partial charge in [0, 0.05) is 37.5 Å². The standard InChI is InChI=1S/C26H44N4O5S/c1-5-9-27-22(32)19-20-24(34)30(18(16-31)17(3)6-2)21(26(20)8-7-25(19,4)36-26)23(33)28-10-11-29-12-14-35-15-13-29/h17-21,31H,5-16H2,1-4H3,(H,27,32)(H,28,33)/t17-,18-,19+,20-,21?,25-,26?/m0/s1. The molecule has 204 valence electrons. The lowest BCUT2D eigenvalue weighted by Crippen LogP contribution is -2.58. The number of fused-ring (bicyclic) bond motifs is 1. The molecule has 0 aromatic rings. The van der Waals surface area contributed by atoms with Crippen molar-refractivity contribution in [3.8, 4) is 0 Å². The van der Waals surface area contributed by atoms with E-state index in [1.54, 1.807) is 16.7 Å². The van der Waals surface area contributed by atoms with Gasteiger partial charge in [0.05, 0.1) is 42.4 Å². The van der Waals surface area contributed by atoms with Crippen molar-refractivity contribution in [1.82, 2.24) is 20.4 Å². The van der Waals surface area contributed by atoms with Crippen molar-refractivity contribution in [1.29, 1.82) is 0 Å². The van der Waals surface area contributed by atoms with Gasteiger partial charge in [-0.05, 0) is 32.1 Å². The number of hydrogen-bond donors (Lipinski definition) is 3. The lowest BCUT2D eigenvalue weighted by molar-refractivity contribution is -0.144. The normalized spacial score (nSPS) is 35.5. The number of carbonyl (C=O) groups is 3. The molecule has 4 rings (SSSR count). The summed E-state index contributed by atoms with van der Waals surface area (Å²) in [6, 6.07) is -1.15. The molecule has 0 saturated carbocycles. The van der Waals surface area contributed by atoms with Crippen LogP contribution in [0.3, 0.4) is 0 Å². The maximum Gasteiger partial charge on any atom is 0.244 e. The number of thioether (sulfide) groups is 1. The van der Waals surface area contributed by atoms with E-state index in [1.165, 1.54) is 0 Å². The molecule has 36 heavy (non-hydrogen) atoms. The Morgan fingerprint density at radius 1 is 1.17 bits per heavy atom. The Hall–Kier alpha value is -1.36. The van der Waals surface area contributed by atoms with Crippen LogP contribution in [-0.4, -0.2) is 107 Å². The topological polar surface area (TPSA) is 111 Å². The molecule has 3 amide bonds. The zero-order chi connectivity index (χ0) is 26.1. The molecule has 4 aliphatic rings. The highest BCUT2D eigenvalue weighted by Gasteiger charge is 2.77. The molecule has 10 heteroatoms. The third-order valence-corrected chi connectivity index (χ3v) is 11.0. The lowest BCUT2D eigenvalue weighted by Gasteiger charge is -2.39. The van der Waals surface area contributed by atoms with Crippen LogP contribution in [0.25, 0.3) is 0 Å². The maximum absolute atomic E-state index is 14.2. The number of likely N-dealkylation sites (tertiary alicyclic amines) is 1. The Labute approximate surface area is 219 Å². The summed E-state index contributed by atoms with van der Waals surface area (Å²) >= 11 is 1.68. The van der Waals surface area contributed by atoms with Crippen LogP contribution < -0.4 is 10.6 Å². The third kappa shape index (κ3) is 4.67. The highest BCUT2D eigenvalue weighted by atomic mass is 32.2. The van der Waals surface area contributed by atoms with Crippen LogP contribution in [0.2, 0.25) is 0 Å². The van der Waals surface area contributed by atoms with Gasteiger partial charge in [-0.3, -0.25) is 19.3 Å². The Balaban J connectivity index is 1.63. The third-order valence-electron chi connectivity index (χ3n) is 8.97. The number of carbonyl (C=O) groups excluding carboxylic acids is 3. The Kier molecular flexibility index (Phi) is 8.59. The van der Waals surface area contributed by atoms with Crippen LogP contribution >= 0.6 is 11.8 Å². The molecule has 2 unspecified atom stereocenters. The van der Waals surface area contributed by atoms with Crippen LogP contribution in [0, 0.1) is 17.8 Å². The summed E-state index contributed by atoms with van der Waals surface area (Å²) in [5.74, 6) is -1.37. The first-order valence-electron chi connectivity index (χ1n) is 13.7. The Morgan fingerprint density at radius 2 is 1.86 bits per heavy atom. The van der Waals surface area contributed by atoms with Crippen molar-refractivity contribution in [2.24, 2.45) is 17.8 Å². The molecule has 0 aliphatic carbocycles. The fraction of sp³-hybridized carbons (Fsp3) is 0.885. The van der Waals surface area contributed by atoms with E-state index in [0.29, 0.717) is 26.3 Å². The van der Waals surface area contributed by atoms with Crippen LogP contribution in [0.1, 0.15) is 53.4 Å². The fourth-order valence-electron chi connectivity index (χ4n) is 6.85. The van der Waals surface area contributed by atoms with Crippen LogP contribution in [0.5, 0.6) is 0 Å². The second-order valence-electron chi connectivity index (χ2n) is 11.1. The molecule has 4 fully saturated rings. The summed E-state index contributed by atoms with van der Waals surface area (Å²) in [6.07, 6.45) is 3.12. The number of amides is 3. The molecule has 0 radical (unpaired) electrons. The number of aliphatic hydroxyl groups is 1. The van der Waals surface area contributed by atoms with Crippen molar-refractivity contribution in [3.05, 3.63) is 0 Å². The molecular formula is C26H44N4O5S. The fourth-order valence-corrected chi connectivity index (χ4v) is 9.20. The molecule has 0 aromatic heterocycles. The van der Waals surface area contributed by atoms with Gasteiger partial charge >= 0.3 is 0 Å². The average Bonchev–Trinajstić information content (AvgIpc) is 3.44. The smallest absolute Gasteiger partial charge is 0.244 e. The minimum absolute atomic E-state index is 0.0305. The summed E-state index contributed by atoms with van der Waals surface area (Å²) < 4.78 is 4.39. The van der Waals surface area contributed by atoms with E-state index < -0.39 is 28.7 Å². The van der Waals surface area contributed by atoms with Crippen LogP contribution in [0.4, 0.5) is 0 Å². The molecule has 4 heterocycles. The number of nitrogens with zero attached hydrogens (tertiary/aromatic N) is 2. The monoisotopic (exact) mass is 524 g/mol. The lowest BCUT2D eigenvalue weighted by atomic mass is 9.66. The molecule has 3 N–H and O–H groups in total. The first-order chi connectivity index (χ1) is 17.2. The van der Waals surface area contributed by atoms with Crippen molar-refractivity contribution in [2.45, 2.75) is 75.0 Å². The second-order valence-corrected chi connectivity index (χ2v) is 13.0. The first kappa shape index (κ1) is 27.7. The highest BCUT2D eigenvalue weighted by molar-refractivity contribution is 8.02. The first-order valence-corrected chi connectivity index (χ1v) is 14.5. The maximum atomic E-state index is 14.2. The zero-order valence-corrected chi connectivity index (χ0v) is 23.1. The second kappa shape index (κ2) is 11.2. The van der Waals surface area contributed by atoms with Crippen LogP contribution in [0.15, 0.2) is 0 Å². The predicted molar refractivity (Wildman–Crippen MR) is 139 cm³/mol. The molecule has 7 atom stereocenters. The van der Waals surface area contributed by atoms with Gasteiger partial charge in [0.2, 0.25) is 17.7 Å². The summed E-state index contributed by atoms with van der Waals surface area (Å²) in [4.78, 5) is 45.4. The minimum atomic E-state index is -0.693. The largest absolute Gasteiger partial charge is 0.394 e. The molecule has 4 saturated heterocycles. The average molecular weight is 525 g/mol. The minimum Gasteiger partial charge on any atom is -0.394 e. The van der Waals surface area contributed by atoms with E-state index in [-0.39, 0.29) is 35.0 Å². The summed E-state index contributed by atoms with van der Waals surface area (Å²) in [7, 11) is 0. The van der Waals surface area contributed by atoms with E-state index in [2.05, 4.69) is 22.5 Å². The van der Waals surface area contributed by atoms with E-state index in [0.717, 1.165) is 45.3 Å². The van der Waals surface area contributed by atoms with E-state index in [1.807, 2.05) is 20.8 Å². The molecule has 4 aliphatic heterocycles. The van der Waals surface area contributed by atoms with Crippen molar-refractivity contribution >= 4 is 29.5 Å². The number of rotatable bonds is 11. The van der Waals surface area contributed by atoms with E-state index >= 15 is 0 Å². The quantitative estimate of drug-likeness (QED) is 0.367. The summed E-state index contributed by atoms with van der Waals surface area (Å²) in [5.41, 5.74) is 0. The van der Waals surface area contributed by atoms with Crippen molar-refractivity contribution in [3.63, 3.8) is 0 Å². The van der Waals surface area contributed by atoms with E-state index in [4.69, 9.17) is 4.74 Å². The van der Waals surface area contributed by atoms with Gasteiger partial charge in [-0.25, -0.2) is 0 Å². The van der Waals surface area contributed by atoms with Crippen molar-refractivity contribution < 1.29 is 24.2 Å². The SMILES string of the molecule is CCCNC(=O)[C@H]1[C@H]2C(=O)N([C@@H](CO)[C@@H](C)CC)C(C(=O)NCCN3CCOCC3)C23CC[C@]1(C)S3. The van der Waals surface area contributed by atoms with E-state index in [9.17, 15) is 19.5 Å². The molecular weight excluding hydrogens is 480 g/mol. The number of nitrogens with one attached hydrogen (secondary N) is 2. The number of aliphatic hydroxyl groups excluding tert-OH is 1. The molecule has 0 aromatic carbocycles.